The predicted molar refractivity (Wildman–Crippen MR) is 433 cm³/mol. The van der Waals surface area contributed by atoms with E-state index >= 15 is 0 Å². The zero-order valence-corrected chi connectivity index (χ0v) is 56.2. The Kier molecular flexibility index (Phi) is 14.2. The van der Waals surface area contributed by atoms with E-state index in [0.717, 1.165) is 168 Å². The highest BCUT2D eigenvalue weighted by Crippen LogP contribution is 2.57. The van der Waals surface area contributed by atoms with Crippen molar-refractivity contribution in [2.75, 3.05) is 19.6 Å². The average molecular weight is 1310 g/mol. The van der Waals surface area contributed by atoms with Gasteiger partial charge in [-0.2, -0.15) is 0 Å². The van der Waals surface area contributed by atoms with Crippen LogP contribution in [0.3, 0.4) is 0 Å². The third kappa shape index (κ3) is 9.73. The first-order valence-electron chi connectivity index (χ1n) is 35.4. The Morgan fingerprint density at radius 1 is 0.272 bits per heavy atom. The van der Waals surface area contributed by atoms with Crippen LogP contribution in [0.15, 0.2) is 393 Å². The average Bonchev–Trinajstić information content (AvgIpc) is 1.61. The van der Waals surface area contributed by atoms with Crippen LogP contribution in [0.25, 0.3) is 93.9 Å². The summed E-state index contributed by atoms with van der Waals surface area (Å²) in [5, 5.41) is 4.41. The number of para-hydroxylation sites is 9. The van der Waals surface area contributed by atoms with Crippen molar-refractivity contribution >= 4 is 135 Å². The lowest BCUT2D eigenvalue weighted by atomic mass is 9.33. The van der Waals surface area contributed by atoms with Gasteiger partial charge in [0.25, 0.3) is 6.71 Å². The minimum absolute atomic E-state index is 0.446. The summed E-state index contributed by atoms with van der Waals surface area (Å²) in [6.45, 7) is -0.446. The van der Waals surface area contributed by atoms with Gasteiger partial charge < -0.3 is 28.6 Å². The summed E-state index contributed by atoms with van der Waals surface area (Å²) >= 11 is 0. The zero-order chi connectivity index (χ0) is 67.9. The van der Waals surface area contributed by atoms with E-state index in [4.69, 9.17) is 4.42 Å². The predicted octanol–water partition coefficient (Wildman–Crippen LogP) is 24.4. The van der Waals surface area contributed by atoms with Gasteiger partial charge in [0.1, 0.15) is 11.2 Å². The normalized spacial score (nSPS) is 12.2. The van der Waals surface area contributed by atoms with Crippen LogP contribution in [0.4, 0.5) is 68.2 Å². The molecule has 103 heavy (non-hydrogen) atoms. The minimum atomic E-state index is -0.446. The van der Waals surface area contributed by atoms with E-state index < -0.39 is 6.71 Å². The first kappa shape index (κ1) is 59.4. The van der Waals surface area contributed by atoms with E-state index in [0.29, 0.717) is 0 Å². The van der Waals surface area contributed by atoms with Crippen molar-refractivity contribution in [3.63, 3.8) is 0 Å². The third-order valence-corrected chi connectivity index (χ3v) is 20.9. The van der Waals surface area contributed by atoms with Gasteiger partial charge in [-0.1, -0.05) is 291 Å². The van der Waals surface area contributed by atoms with Crippen LogP contribution < -0.4 is 36.0 Å². The highest BCUT2D eigenvalue weighted by atomic mass is 16.3. The molecule has 0 fully saturated rings. The van der Waals surface area contributed by atoms with Crippen LogP contribution in [-0.4, -0.2) is 11.3 Å². The second-order valence-corrected chi connectivity index (χ2v) is 26.6. The highest BCUT2D eigenvalue weighted by Gasteiger charge is 2.48. The van der Waals surface area contributed by atoms with Crippen molar-refractivity contribution in [2.45, 2.75) is 0 Å². The molecule has 2 aliphatic heterocycles. The number of furan rings is 1. The molecule has 482 valence electrons. The number of hydrogen-bond donors (Lipinski definition) is 0. The minimum Gasteiger partial charge on any atom is -0.456 e. The monoisotopic (exact) mass is 1310 g/mol. The summed E-state index contributed by atoms with van der Waals surface area (Å²) in [6.07, 6.45) is 0. The molecular formula is C96H64BN5O. The Bertz CT molecular complexity index is 5980. The number of aromatic nitrogens is 1. The Balaban J connectivity index is 1.02. The third-order valence-electron chi connectivity index (χ3n) is 20.9. The molecule has 4 heterocycles. The smallest absolute Gasteiger partial charge is 0.257 e. The fourth-order valence-electron chi connectivity index (χ4n) is 16.6. The van der Waals surface area contributed by atoms with Crippen LogP contribution in [0, 0.1) is 0 Å². The van der Waals surface area contributed by atoms with Crippen molar-refractivity contribution in [3.8, 4) is 50.2 Å². The van der Waals surface area contributed by atoms with E-state index in [-0.39, 0.29) is 0 Å². The molecule has 6 nitrogen and oxygen atoms in total. The Morgan fingerprint density at radius 2 is 0.641 bits per heavy atom. The summed E-state index contributed by atoms with van der Waals surface area (Å²) in [5.74, 6) is 0. The second-order valence-electron chi connectivity index (χ2n) is 26.6. The van der Waals surface area contributed by atoms with Crippen LogP contribution in [0.1, 0.15) is 0 Å². The quantitative estimate of drug-likeness (QED) is 0.107. The molecular weight excluding hydrogens is 1250 g/mol. The Hall–Kier alpha value is -13.6. The summed E-state index contributed by atoms with van der Waals surface area (Å²) in [4.78, 5) is 10.2. The highest BCUT2D eigenvalue weighted by molar-refractivity contribution is 7.01. The molecule has 16 aromatic carbocycles. The lowest BCUT2D eigenvalue weighted by Gasteiger charge is -2.46. The van der Waals surface area contributed by atoms with Crippen LogP contribution in [-0.2, 0) is 0 Å². The molecule has 0 atom stereocenters. The SMILES string of the molecule is c1ccc(-c2cccc(-c3ccccc3)c2N2c3cc(N(c4ccccc4)c4ccccc4)ccc3B3c4c2cc(-n2c5ccccc5c5ccccc52)cc4N(c2c(-c4ccccc4)cccc2-c2ccccc2)c2cc(N(c4ccccc4)c4ccccc4)c4c(oc5ccccc54)c23)cc1. The number of fused-ring (bicyclic) bond motifs is 11. The standard InChI is InChI=1S/C96H64BN5O/c1-9-33-65(34-10-1)75-52-31-53-76(66-35-11-2-12-36-66)94(75)101-85-61-73(98(69-41-17-5-18-42-69)70-43-19-6-20-44-70)59-60-82(85)97-92-87(101)62-74(100-83-56-28-25-49-79(83)80-50-26-29-57-84(80)100)63-88(92)102(95-77(67-37-13-3-14-38-67)54-32-55-78(95)68-39-15-4-16-40-68)89-64-86(91-81-51-27-30-58-90(81)103-96(91)93(89)97)99(71-45-21-7-22-46-71)72-47-23-8-24-48-72/h1-64H. The molecule has 0 radical (unpaired) electrons. The maximum Gasteiger partial charge on any atom is 0.257 e. The first-order chi connectivity index (χ1) is 51.2. The molecule has 20 rings (SSSR count). The summed E-state index contributed by atoms with van der Waals surface area (Å²) in [7, 11) is 0. The number of nitrogens with zero attached hydrogens (tertiary/aromatic N) is 5. The molecule has 0 N–H and O–H groups in total. The molecule has 2 aliphatic rings. The van der Waals surface area contributed by atoms with Crippen molar-refractivity contribution in [2.24, 2.45) is 0 Å². The molecule has 2 aromatic heterocycles. The van der Waals surface area contributed by atoms with Crippen LogP contribution in [0.2, 0.25) is 0 Å². The number of rotatable bonds is 13. The molecule has 0 spiro atoms. The zero-order valence-electron chi connectivity index (χ0n) is 56.2. The van der Waals surface area contributed by atoms with Gasteiger partial charge in [-0.05, 0) is 136 Å². The molecule has 0 saturated heterocycles. The van der Waals surface area contributed by atoms with Gasteiger partial charge in [0.2, 0.25) is 0 Å². The molecule has 0 aliphatic carbocycles. The Labute approximate surface area is 598 Å². The summed E-state index contributed by atoms with van der Waals surface area (Å²) < 4.78 is 10.4. The molecule has 7 heteroatoms. The summed E-state index contributed by atoms with van der Waals surface area (Å²) in [6, 6.07) is 142. The van der Waals surface area contributed by atoms with Gasteiger partial charge >= 0.3 is 0 Å². The fraction of sp³-hybridized carbons (Fsp3) is 0. The molecule has 0 unspecified atom stereocenters. The maximum absolute atomic E-state index is 7.90. The lowest BCUT2D eigenvalue weighted by Crippen LogP contribution is -2.61. The maximum atomic E-state index is 7.90. The molecule has 0 bridgehead atoms. The van der Waals surface area contributed by atoms with Gasteiger partial charge in [0.15, 0.2) is 0 Å². The molecule has 0 amide bonds. The topological polar surface area (TPSA) is 31.0 Å². The summed E-state index contributed by atoms with van der Waals surface area (Å²) in [5.41, 5.74) is 29.3. The van der Waals surface area contributed by atoms with Gasteiger partial charge in [0.05, 0.1) is 39.2 Å². The van der Waals surface area contributed by atoms with E-state index in [1.165, 1.54) is 10.8 Å². The fourth-order valence-corrected chi connectivity index (χ4v) is 16.6. The van der Waals surface area contributed by atoms with Gasteiger partial charge in [0, 0.05) is 89.6 Å². The van der Waals surface area contributed by atoms with Gasteiger partial charge in [-0.3, -0.25) is 0 Å². The van der Waals surface area contributed by atoms with Crippen LogP contribution >= 0.6 is 0 Å². The van der Waals surface area contributed by atoms with Crippen molar-refractivity contribution < 1.29 is 4.42 Å². The van der Waals surface area contributed by atoms with Crippen molar-refractivity contribution in [1.82, 2.24) is 4.57 Å². The van der Waals surface area contributed by atoms with E-state index in [2.05, 4.69) is 412 Å². The van der Waals surface area contributed by atoms with E-state index in [1.54, 1.807) is 0 Å². The number of anilines is 12. The largest absolute Gasteiger partial charge is 0.456 e. The molecule has 18 aromatic rings. The van der Waals surface area contributed by atoms with Crippen molar-refractivity contribution in [1.29, 1.82) is 0 Å². The molecule has 0 saturated carbocycles. The van der Waals surface area contributed by atoms with Gasteiger partial charge in [-0.15, -0.1) is 0 Å². The van der Waals surface area contributed by atoms with Crippen LogP contribution in [0.5, 0.6) is 0 Å². The Morgan fingerprint density at radius 3 is 1.09 bits per heavy atom. The first-order valence-corrected chi connectivity index (χ1v) is 35.4. The van der Waals surface area contributed by atoms with Gasteiger partial charge in [-0.25, -0.2) is 0 Å². The lowest BCUT2D eigenvalue weighted by molar-refractivity contribution is 0.671. The second kappa shape index (κ2) is 24.7. The van der Waals surface area contributed by atoms with E-state index in [1.807, 2.05) is 0 Å². The number of benzene rings is 16. The number of hydrogen-bond acceptors (Lipinski definition) is 5. The van der Waals surface area contributed by atoms with E-state index in [9.17, 15) is 0 Å². The van der Waals surface area contributed by atoms with Crippen molar-refractivity contribution in [3.05, 3.63) is 388 Å².